The fraction of sp³-hybridized carbons (Fsp3) is 0.929. The van der Waals surface area contributed by atoms with E-state index < -0.39 is 5.60 Å². The average molecular weight is 257 g/mol. The summed E-state index contributed by atoms with van der Waals surface area (Å²) in [5, 5.41) is 12.6. The second-order valence-electron chi connectivity index (χ2n) is 5.69. The van der Waals surface area contributed by atoms with Gasteiger partial charge in [0.15, 0.2) is 0 Å². The van der Waals surface area contributed by atoms with Crippen LogP contribution in [0.5, 0.6) is 0 Å². The van der Waals surface area contributed by atoms with Gasteiger partial charge in [0.05, 0.1) is 6.61 Å². The van der Waals surface area contributed by atoms with Gasteiger partial charge in [-0.1, -0.05) is 26.2 Å². The molecule has 1 atom stereocenters. The number of aliphatic hydroxyl groups excluding tert-OH is 1. The zero-order valence-electron chi connectivity index (χ0n) is 11.9. The number of hydrogen-bond acceptors (Lipinski definition) is 3. The third-order valence-electron chi connectivity index (χ3n) is 4.48. The minimum absolute atomic E-state index is 0.0779. The van der Waals surface area contributed by atoms with Gasteiger partial charge in [0.25, 0.3) is 5.91 Å². The van der Waals surface area contributed by atoms with E-state index in [0.717, 1.165) is 25.7 Å². The lowest BCUT2D eigenvalue weighted by Crippen LogP contribution is -2.50. The lowest BCUT2D eigenvalue weighted by atomic mass is 9.74. The van der Waals surface area contributed by atoms with Gasteiger partial charge in [-0.05, 0) is 26.2 Å². The van der Waals surface area contributed by atoms with Gasteiger partial charge < -0.3 is 15.2 Å². The highest BCUT2D eigenvalue weighted by Crippen LogP contribution is 2.35. The van der Waals surface area contributed by atoms with Crippen LogP contribution in [0.2, 0.25) is 0 Å². The highest BCUT2D eigenvalue weighted by molar-refractivity contribution is 5.84. The first-order valence-corrected chi connectivity index (χ1v) is 6.96. The lowest BCUT2D eigenvalue weighted by Gasteiger charge is -2.37. The number of carbonyl (C=O) groups excluding carboxylic acids is 1. The Morgan fingerprint density at radius 1 is 1.39 bits per heavy atom. The highest BCUT2D eigenvalue weighted by Gasteiger charge is 2.35. The summed E-state index contributed by atoms with van der Waals surface area (Å²) >= 11 is 0. The summed E-state index contributed by atoms with van der Waals surface area (Å²) in [6.45, 7) is 4.45. The van der Waals surface area contributed by atoms with E-state index in [1.54, 1.807) is 14.0 Å². The number of rotatable bonds is 6. The number of amides is 1. The molecule has 0 aliphatic heterocycles. The molecule has 1 unspecified atom stereocenters. The quantitative estimate of drug-likeness (QED) is 0.763. The molecule has 0 bridgehead atoms. The Labute approximate surface area is 110 Å². The van der Waals surface area contributed by atoms with Gasteiger partial charge in [0.1, 0.15) is 5.60 Å². The highest BCUT2D eigenvalue weighted by atomic mass is 16.5. The van der Waals surface area contributed by atoms with Crippen LogP contribution in [0.1, 0.15) is 52.4 Å². The third-order valence-corrected chi connectivity index (χ3v) is 4.48. The molecule has 1 rings (SSSR count). The van der Waals surface area contributed by atoms with Crippen molar-refractivity contribution in [2.75, 3.05) is 20.3 Å². The van der Waals surface area contributed by atoms with E-state index in [4.69, 9.17) is 4.74 Å². The number of methoxy groups -OCH3 is 1. The van der Waals surface area contributed by atoms with Gasteiger partial charge in [-0.3, -0.25) is 4.79 Å². The molecule has 0 radical (unpaired) electrons. The fourth-order valence-electron chi connectivity index (χ4n) is 2.54. The molecule has 1 amide bonds. The first-order chi connectivity index (χ1) is 8.52. The van der Waals surface area contributed by atoms with E-state index in [0.29, 0.717) is 13.0 Å². The molecule has 1 aliphatic carbocycles. The summed E-state index contributed by atoms with van der Waals surface area (Å²) in [6.07, 6.45) is 6.17. The number of aliphatic hydroxyl groups is 1. The van der Waals surface area contributed by atoms with Crippen molar-refractivity contribution in [3.05, 3.63) is 0 Å². The Balaban J connectivity index is 2.55. The van der Waals surface area contributed by atoms with Gasteiger partial charge in [-0.15, -0.1) is 0 Å². The maximum atomic E-state index is 12.1. The Bertz CT molecular complexity index is 268. The van der Waals surface area contributed by atoms with Gasteiger partial charge in [0.2, 0.25) is 0 Å². The van der Waals surface area contributed by atoms with Crippen molar-refractivity contribution in [1.82, 2.24) is 5.32 Å². The van der Waals surface area contributed by atoms with Crippen LogP contribution >= 0.6 is 0 Å². The monoisotopic (exact) mass is 257 g/mol. The largest absolute Gasteiger partial charge is 0.396 e. The van der Waals surface area contributed by atoms with Crippen LogP contribution < -0.4 is 5.32 Å². The van der Waals surface area contributed by atoms with Crippen molar-refractivity contribution in [3.8, 4) is 0 Å². The van der Waals surface area contributed by atoms with E-state index in [-0.39, 0.29) is 17.9 Å². The molecular weight excluding hydrogens is 230 g/mol. The number of hydrogen-bond donors (Lipinski definition) is 2. The van der Waals surface area contributed by atoms with Gasteiger partial charge in [0, 0.05) is 19.1 Å². The van der Waals surface area contributed by atoms with Crippen molar-refractivity contribution in [2.24, 2.45) is 5.41 Å². The molecule has 1 fully saturated rings. The molecule has 0 aromatic rings. The van der Waals surface area contributed by atoms with Crippen LogP contribution in [0.4, 0.5) is 0 Å². The molecular formula is C14H27NO3. The molecule has 0 spiro atoms. The molecule has 4 nitrogen and oxygen atoms in total. The zero-order valence-corrected chi connectivity index (χ0v) is 11.9. The Hall–Kier alpha value is -0.610. The number of carbonyl (C=O) groups is 1. The van der Waals surface area contributed by atoms with E-state index in [1.807, 2.05) is 6.92 Å². The Morgan fingerprint density at radius 2 is 2.00 bits per heavy atom. The predicted octanol–water partition coefficient (Wildman–Crippen LogP) is 1.86. The lowest BCUT2D eigenvalue weighted by molar-refractivity contribution is -0.142. The second-order valence-corrected chi connectivity index (χ2v) is 5.69. The molecule has 0 saturated heterocycles. The van der Waals surface area contributed by atoms with Crippen molar-refractivity contribution in [3.63, 3.8) is 0 Å². The first kappa shape index (κ1) is 15.4. The normalized spacial score (nSPS) is 22.2. The Morgan fingerprint density at radius 3 is 2.44 bits per heavy atom. The van der Waals surface area contributed by atoms with Crippen LogP contribution in [0.15, 0.2) is 0 Å². The number of nitrogens with one attached hydrogen (secondary N) is 1. The molecule has 0 aromatic heterocycles. The van der Waals surface area contributed by atoms with Crippen molar-refractivity contribution in [2.45, 2.75) is 58.0 Å². The maximum absolute atomic E-state index is 12.1. The van der Waals surface area contributed by atoms with Gasteiger partial charge in [-0.25, -0.2) is 0 Å². The van der Waals surface area contributed by atoms with Crippen LogP contribution in [0.25, 0.3) is 0 Å². The summed E-state index contributed by atoms with van der Waals surface area (Å²) in [6, 6.07) is 0. The molecule has 2 N–H and O–H groups in total. The van der Waals surface area contributed by atoms with Crippen LogP contribution in [-0.4, -0.2) is 36.9 Å². The van der Waals surface area contributed by atoms with Crippen molar-refractivity contribution >= 4 is 5.91 Å². The molecule has 106 valence electrons. The molecule has 1 aliphatic rings. The molecule has 0 heterocycles. The summed E-state index contributed by atoms with van der Waals surface area (Å²) < 4.78 is 5.28. The van der Waals surface area contributed by atoms with E-state index in [9.17, 15) is 9.90 Å². The minimum Gasteiger partial charge on any atom is -0.396 e. The average Bonchev–Trinajstić information content (AvgIpc) is 2.44. The predicted molar refractivity (Wildman–Crippen MR) is 71.3 cm³/mol. The SMILES string of the molecule is CCC(C)(OC)C(=O)NCC1(CO)CCCCC1. The van der Waals surface area contributed by atoms with Crippen molar-refractivity contribution in [1.29, 1.82) is 0 Å². The summed E-state index contributed by atoms with van der Waals surface area (Å²) in [4.78, 5) is 12.1. The molecule has 1 saturated carbocycles. The first-order valence-electron chi connectivity index (χ1n) is 6.96. The molecule has 18 heavy (non-hydrogen) atoms. The third kappa shape index (κ3) is 3.45. The van der Waals surface area contributed by atoms with Crippen LogP contribution in [0.3, 0.4) is 0 Å². The second kappa shape index (κ2) is 6.53. The van der Waals surface area contributed by atoms with Gasteiger partial charge in [-0.2, -0.15) is 0 Å². The summed E-state index contributed by atoms with van der Waals surface area (Å²) in [5.74, 6) is -0.0779. The topological polar surface area (TPSA) is 58.6 Å². The van der Waals surface area contributed by atoms with Crippen LogP contribution in [0, 0.1) is 5.41 Å². The standard InChI is InChI=1S/C14H27NO3/c1-4-13(2,18-3)12(17)15-10-14(11-16)8-6-5-7-9-14/h16H,4-11H2,1-3H3,(H,15,17). The Kier molecular flexibility index (Phi) is 5.60. The summed E-state index contributed by atoms with van der Waals surface area (Å²) in [7, 11) is 1.56. The van der Waals surface area contributed by atoms with Gasteiger partial charge >= 0.3 is 0 Å². The van der Waals surface area contributed by atoms with E-state index in [1.165, 1.54) is 6.42 Å². The fourth-order valence-corrected chi connectivity index (χ4v) is 2.54. The minimum atomic E-state index is -0.759. The van der Waals surface area contributed by atoms with Crippen molar-refractivity contribution < 1.29 is 14.6 Å². The van der Waals surface area contributed by atoms with E-state index >= 15 is 0 Å². The maximum Gasteiger partial charge on any atom is 0.251 e. The molecule has 0 aromatic carbocycles. The van der Waals surface area contributed by atoms with Crippen LogP contribution in [-0.2, 0) is 9.53 Å². The smallest absolute Gasteiger partial charge is 0.251 e. The van der Waals surface area contributed by atoms with E-state index in [2.05, 4.69) is 5.32 Å². The number of ether oxygens (including phenoxy) is 1. The zero-order chi connectivity index (χ0) is 13.6. The molecule has 4 heteroatoms. The summed E-state index contributed by atoms with van der Waals surface area (Å²) in [5.41, 5.74) is -0.873.